The molecule has 0 fully saturated rings. The molecule has 0 aliphatic rings. The molecule has 5 nitrogen and oxygen atoms in total. The zero-order valence-corrected chi connectivity index (χ0v) is 11.0. The topological polar surface area (TPSA) is 59.8 Å². The molecule has 0 aliphatic heterocycles. The molecule has 0 saturated carbocycles. The molecule has 0 aliphatic carbocycles. The van der Waals surface area contributed by atoms with Crippen molar-refractivity contribution in [2.75, 3.05) is 18.1 Å². The number of rotatable bonds is 4. The molecule has 2 rings (SSSR count). The number of fused-ring (bicyclic) bond motifs is 1. The highest BCUT2D eigenvalue weighted by molar-refractivity contribution is 7.84. The molecule has 6 heteroatoms. The average Bonchev–Trinajstić information content (AvgIpc) is 2.69. The summed E-state index contributed by atoms with van der Waals surface area (Å²) in [6.07, 6.45) is 5.22. The highest BCUT2D eigenvalue weighted by Gasteiger charge is 2.09. The van der Waals surface area contributed by atoms with E-state index in [1.54, 1.807) is 18.8 Å². The number of pyridine rings is 1. The van der Waals surface area contributed by atoms with Crippen LogP contribution in [0.25, 0.3) is 11.0 Å². The van der Waals surface area contributed by atoms with Gasteiger partial charge < -0.3 is 9.88 Å². The highest BCUT2D eigenvalue weighted by atomic mass is 32.2. The van der Waals surface area contributed by atoms with E-state index in [0.29, 0.717) is 6.54 Å². The summed E-state index contributed by atoms with van der Waals surface area (Å²) in [7, 11) is 1.12. The van der Waals surface area contributed by atoms with Gasteiger partial charge in [-0.05, 0) is 13.0 Å². The molecule has 2 unspecified atom stereocenters. The van der Waals surface area contributed by atoms with Gasteiger partial charge in [0, 0.05) is 42.1 Å². The Hall–Kier alpha value is -1.43. The minimum Gasteiger partial charge on any atom is -0.367 e. The summed E-state index contributed by atoms with van der Waals surface area (Å²) in [5.74, 6) is 0.750. The van der Waals surface area contributed by atoms with Crippen LogP contribution in [0.4, 0.5) is 5.82 Å². The maximum Gasteiger partial charge on any atom is 0.154 e. The van der Waals surface area contributed by atoms with Gasteiger partial charge in [0.25, 0.3) is 0 Å². The van der Waals surface area contributed by atoms with Gasteiger partial charge in [0.15, 0.2) is 5.82 Å². The zero-order valence-electron chi connectivity index (χ0n) is 10.2. The maximum absolute atomic E-state index is 11.3. The molecule has 2 heterocycles. The number of nitrogens with zero attached hydrogens (tertiary/aromatic N) is 3. The molecule has 1 N–H and O–H groups in total. The number of hydrogen-bond acceptors (Lipinski definition) is 4. The van der Waals surface area contributed by atoms with Crippen molar-refractivity contribution in [2.45, 2.75) is 12.2 Å². The Kier molecular flexibility index (Phi) is 3.42. The molecule has 0 radical (unpaired) electrons. The molecule has 0 amide bonds. The number of nitrogens with one attached hydrogen (secondary N) is 1. The Bertz CT molecular complexity index is 551. The summed E-state index contributed by atoms with van der Waals surface area (Å²) >= 11 is 0. The van der Waals surface area contributed by atoms with Crippen LogP contribution in [0, 0.1) is 0 Å². The number of hydrogen-bond donors (Lipinski definition) is 1. The van der Waals surface area contributed by atoms with Crippen LogP contribution in [0.2, 0.25) is 0 Å². The zero-order chi connectivity index (χ0) is 12.4. The van der Waals surface area contributed by atoms with Crippen LogP contribution in [0.5, 0.6) is 0 Å². The number of imidazole rings is 1. The van der Waals surface area contributed by atoms with Crippen molar-refractivity contribution >= 4 is 27.7 Å². The van der Waals surface area contributed by atoms with E-state index in [9.17, 15) is 4.21 Å². The smallest absolute Gasteiger partial charge is 0.154 e. The van der Waals surface area contributed by atoms with Crippen molar-refractivity contribution in [1.29, 1.82) is 0 Å². The number of anilines is 1. The Morgan fingerprint density at radius 3 is 3.00 bits per heavy atom. The van der Waals surface area contributed by atoms with Gasteiger partial charge in [0.05, 0.1) is 11.8 Å². The van der Waals surface area contributed by atoms with E-state index >= 15 is 0 Å². The molecule has 0 spiro atoms. The lowest BCUT2D eigenvalue weighted by Gasteiger charge is -2.10. The fourth-order valence-electron chi connectivity index (χ4n) is 1.55. The van der Waals surface area contributed by atoms with Crippen molar-refractivity contribution in [3.63, 3.8) is 0 Å². The van der Waals surface area contributed by atoms with Crippen LogP contribution >= 0.6 is 0 Å². The van der Waals surface area contributed by atoms with Crippen LogP contribution < -0.4 is 5.32 Å². The van der Waals surface area contributed by atoms with Gasteiger partial charge in [0.1, 0.15) is 5.52 Å². The summed E-state index contributed by atoms with van der Waals surface area (Å²) in [6, 6.07) is 1.93. The van der Waals surface area contributed by atoms with Crippen LogP contribution in [0.15, 0.2) is 18.6 Å². The lowest BCUT2D eigenvalue weighted by atomic mass is 10.3. The van der Waals surface area contributed by atoms with Crippen molar-refractivity contribution in [1.82, 2.24) is 14.5 Å². The maximum atomic E-state index is 11.3. The Balaban J connectivity index is 2.21. The first-order valence-corrected chi connectivity index (χ1v) is 7.04. The fourth-order valence-corrected chi connectivity index (χ4v) is 1.87. The third kappa shape index (κ3) is 2.46. The first-order valence-electron chi connectivity index (χ1n) is 5.41. The lowest BCUT2D eigenvalue weighted by Crippen LogP contribution is -2.21. The predicted octanol–water partition coefficient (Wildman–Crippen LogP) is 1.15. The van der Waals surface area contributed by atoms with E-state index in [4.69, 9.17) is 0 Å². The molecule has 0 aromatic carbocycles. The second kappa shape index (κ2) is 4.83. The summed E-state index contributed by atoms with van der Waals surface area (Å²) in [5, 5.41) is 3.30. The van der Waals surface area contributed by atoms with Crippen LogP contribution in [0.3, 0.4) is 0 Å². The van der Waals surface area contributed by atoms with E-state index in [1.807, 2.05) is 24.6 Å². The van der Waals surface area contributed by atoms with Crippen LogP contribution in [-0.2, 0) is 17.8 Å². The quantitative estimate of drug-likeness (QED) is 0.886. The second-order valence-corrected chi connectivity index (χ2v) is 5.87. The molecule has 2 aromatic rings. The third-order valence-electron chi connectivity index (χ3n) is 2.77. The van der Waals surface area contributed by atoms with E-state index < -0.39 is 10.8 Å². The summed E-state index contributed by atoms with van der Waals surface area (Å²) in [6.45, 7) is 2.58. The van der Waals surface area contributed by atoms with Gasteiger partial charge in [0.2, 0.25) is 0 Å². The predicted molar refractivity (Wildman–Crippen MR) is 70.5 cm³/mol. The van der Waals surface area contributed by atoms with E-state index in [-0.39, 0.29) is 5.25 Å². The minimum atomic E-state index is -0.828. The molecular weight excluding hydrogens is 236 g/mol. The second-order valence-electron chi connectivity index (χ2n) is 4.07. The van der Waals surface area contributed by atoms with E-state index in [0.717, 1.165) is 16.9 Å². The van der Waals surface area contributed by atoms with Gasteiger partial charge >= 0.3 is 0 Å². The van der Waals surface area contributed by atoms with Crippen LogP contribution in [-0.4, -0.2) is 36.8 Å². The van der Waals surface area contributed by atoms with Crippen LogP contribution in [0.1, 0.15) is 6.92 Å². The number of aromatic nitrogens is 3. The highest BCUT2D eigenvalue weighted by Crippen LogP contribution is 2.18. The molecule has 2 aromatic heterocycles. The Labute approximate surface area is 103 Å². The third-order valence-corrected chi connectivity index (χ3v) is 4.07. The SMILES string of the molecule is CC(CNc1nccc2c1ncn2C)S(C)=O. The normalized spacial score (nSPS) is 14.8. The first-order chi connectivity index (χ1) is 8.09. The first kappa shape index (κ1) is 12.0. The van der Waals surface area contributed by atoms with Gasteiger partial charge in [-0.3, -0.25) is 4.21 Å². The summed E-state index contributed by atoms with van der Waals surface area (Å²) in [5.41, 5.74) is 1.89. The van der Waals surface area contributed by atoms with Gasteiger partial charge in [-0.15, -0.1) is 0 Å². The average molecular weight is 252 g/mol. The molecular formula is C11H16N4OS. The molecule has 0 saturated heterocycles. The van der Waals surface area contributed by atoms with Gasteiger partial charge in [-0.2, -0.15) is 0 Å². The molecule has 92 valence electrons. The Morgan fingerprint density at radius 2 is 2.29 bits per heavy atom. The minimum absolute atomic E-state index is 0.0933. The largest absolute Gasteiger partial charge is 0.367 e. The molecule has 17 heavy (non-hydrogen) atoms. The van der Waals surface area contributed by atoms with Crippen molar-refractivity contribution in [2.24, 2.45) is 7.05 Å². The lowest BCUT2D eigenvalue weighted by molar-refractivity contribution is 0.679. The number of aryl methyl sites for hydroxylation is 1. The standard InChI is InChI=1S/C11H16N4OS/c1-8(17(3)16)6-13-11-10-9(4-5-12-11)15(2)7-14-10/h4-5,7-8H,6H2,1-3H3,(H,12,13). The van der Waals surface area contributed by atoms with E-state index in [1.165, 1.54) is 0 Å². The van der Waals surface area contributed by atoms with Crippen molar-refractivity contribution in [3.05, 3.63) is 18.6 Å². The van der Waals surface area contributed by atoms with Gasteiger partial charge in [-0.1, -0.05) is 0 Å². The molecule has 2 atom stereocenters. The van der Waals surface area contributed by atoms with E-state index in [2.05, 4.69) is 15.3 Å². The molecule has 0 bridgehead atoms. The Morgan fingerprint density at radius 1 is 1.53 bits per heavy atom. The van der Waals surface area contributed by atoms with Crippen molar-refractivity contribution < 1.29 is 4.21 Å². The fraction of sp³-hybridized carbons (Fsp3) is 0.455. The summed E-state index contributed by atoms with van der Waals surface area (Å²) < 4.78 is 13.2. The summed E-state index contributed by atoms with van der Waals surface area (Å²) in [4.78, 5) is 8.57. The monoisotopic (exact) mass is 252 g/mol. The van der Waals surface area contributed by atoms with Crippen molar-refractivity contribution in [3.8, 4) is 0 Å². The van der Waals surface area contributed by atoms with Gasteiger partial charge in [-0.25, -0.2) is 9.97 Å².